The molecule has 2 bridgehead atoms. The number of aromatic nitrogens is 2. The van der Waals surface area contributed by atoms with Crippen LogP contribution in [-0.4, -0.2) is 29.1 Å². The van der Waals surface area contributed by atoms with Crippen molar-refractivity contribution in [3.63, 3.8) is 0 Å². The Bertz CT molecular complexity index is 887. The van der Waals surface area contributed by atoms with Gasteiger partial charge in [-0.15, -0.1) is 0 Å². The van der Waals surface area contributed by atoms with Crippen LogP contribution in [0.4, 0.5) is 16.2 Å². The second kappa shape index (κ2) is 8.05. The maximum absolute atomic E-state index is 12.3. The molecule has 0 radical (unpaired) electrons. The first kappa shape index (κ1) is 18.7. The van der Waals surface area contributed by atoms with Crippen LogP contribution >= 0.6 is 0 Å². The number of hydrogen-bond donors (Lipinski definition) is 4. The molecule has 2 amide bonds. The Morgan fingerprint density at radius 2 is 2.19 bits per heavy atom. The highest BCUT2D eigenvalue weighted by Crippen LogP contribution is 2.33. The number of allylic oxidation sites excluding steroid dienone is 1. The highest BCUT2D eigenvalue weighted by molar-refractivity contribution is 5.97. The third kappa shape index (κ3) is 4.35. The molecule has 1 aromatic carbocycles. The number of carbonyl (C=O) groups is 2. The summed E-state index contributed by atoms with van der Waals surface area (Å²) in [6, 6.07) is 4.97. The van der Waals surface area contributed by atoms with Crippen molar-refractivity contribution in [1.29, 1.82) is 0 Å². The zero-order chi connectivity index (χ0) is 19.4. The minimum Gasteiger partial charge on any atom is -0.453 e. The van der Waals surface area contributed by atoms with E-state index in [0.717, 1.165) is 11.3 Å². The zero-order valence-electron chi connectivity index (χ0n) is 15.3. The van der Waals surface area contributed by atoms with E-state index in [-0.39, 0.29) is 11.9 Å². The number of H-pyrrole nitrogens is 1. The van der Waals surface area contributed by atoms with Gasteiger partial charge in [0.15, 0.2) is 0 Å². The van der Waals surface area contributed by atoms with Gasteiger partial charge in [0.2, 0.25) is 5.91 Å². The molecule has 2 heterocycles. The molecule has 0 fully saturated rings. The van der Waals surface area contributed by atoms with E-state index >= 15 is 0 Å². The molecule has 1 aromatic heterocycles. The van der Waals surface area contributed by atoms with Crippen LogP contribution in [-0.2, 0) is 9.53 Å². The van der Waals surface area contributed by atoms with E-state index in [1.165, 1.54) is 7.11 Å². The van der Waals surface area contributed by atoms with E-state index in [1.54, 1.807) is 18.2 Å². The number of fused-ring (bicyclic) bond motifs is 4. The Hall–Kier alpha value is -3.13. The van der Waals surface area contributed by atoms with Gasteiger partial charge in [0.05, 0.1) is 24.5 Å². The van der Waals surface area contributed by atoms with Gasteiger partial charge in [0, 0.05) is 23.4 Å². The van der Waals surface area contributed by atoms with Crippen molar-refractivity contribution in [2.75, 3.05) is 17.7 Å². The van der Waals surface area contributed by atoms with Crippen molar-refractivity contribution >= 4 is 23.4 Å². The summed E-state index contributed by atoms with van der Waals surface area (Å²) in [6.07, 6.45) is 4.95. The molecule has 27 heavy (non-hydrogen) atoms. The number of methoxy groups -OCH3 is 1. The van der Waals surface area contributed by atoms with E-state index in [4.69, 9.17) is 5.73 Å². The monoisotopic (exact) mass is 369 g/mol. The summed E-state index contributed by atoms with van der Waals surface area (Å²) in [6.45, 7) is 1.91. The second-order valence-corrected chi connectivity index (χ2v) is 6.37. The van der Waals surface area contributed by atoms with Gasteiger partial charge in [0.25, 0.3) is 0 Å². The molecule has 8 heteroatoms. The van der Waals surface area contributed by atoms with Crippen LogP contribution in [0.25, 0.3) is 11.3 Å². The molecular formula is C19H23N5O3. The molecule has 0 saturated heterocycles. The summed E-state index contributed by atoms with van der Waals surface area (Å²) in [5.74, 6) is 0.577. The maximum Gasteiger partial charge on any atom is 0.411 e. The number of nitrogens with one attached hydrogen (secondary N) is 3. The number of nitrogens with zero attached hydrogens (tertiary/aromatic N) is 1. The van der Waals surface area contributed by atoms with Gasteiger partial charge >= 0.3 is 6.09 Å². The number of rotatable bonds is 1. The molecule has 0 aliphatic carbocycles. The topological polar surface area (TPSA) is 122 Å². The smallest absolute Gasteiger partial charge is 0.411 e. The summed E-state index contributed by atoms with van der Waals surface area (Å²) in [5.41, 5.74) is 9.61. The predicted molar refractivity (Wildman–Crippen MR) is 103 cm³/mol. The number of amides is 2. The van der Waals surface area contributed by atoms with Crippen molar-refractivity contribution < 1.29 is 14.3 Å². The first-order valence-electron chi connectivity index (χ1n) is 8.74. The number of aromatic amines is 1. The average molecular weight is 369 g/mol. The molecule has 1 aliphatic heterocycles. The highest BCUT2D eigenvalue weighted by Gasteiger charge is 2.18. The molecule has 8 nitrogen and oxygen atoms in total. The summed E-state index contributed by atoms with van der Waals surface area (Å²) < 4.78 is 4.62. The molecule has 5 N–H and O–H groups in total. The lowest BCUT2D eigenvalue weighted by Gasteiger charge is -2.13. The SMILES string of the molecule is COC(=O)Nc1ccc2c(c1)NC(=O)CC/C=C\C[C@H](N)c1nc-2c(C)[nH]1. The molecule has 0 unspecified atom stereocenters. The number of anilines is 2. The Morgan fingerprint density at radius 3 is 2.96 bits per heavy atom. The van der Waals surface area contributed by atoms with Gasteiger partial charge in [0.1, 0.15) is 5.82 Å². The van der Waals surface area contributed by atoms with Gasteiger partial charge in [-0.3, -0.25) is 10.1 Å². The first-order valence-corrected chi connectivity index (χ1v) is 8.74. The Kier molecular flexibility index (Phi) is 5.56. The molecule has 1 aliphatic rings. The van der Waals surface area contributed by atoms with E-state index in [1.807, 2.05) is 19.1 Å². The van der Waals surface area contributed by atoms with Crippen LogP contribution < -0.4 is 16.4 Å². The van der Waals surface area contributed by atoms with Crippen molar-refractivity contribution in [1.82, 2.24) is 9.97 Å². The number of hydrogen-bond acceptors (Lipinski definition) is 5. The lowest BCUT2D eigenvalue weighted by Crippen LogP contribution is -2.14. The van der Waals surface area contributed by atoms with E-state index in [0.29, 0.717) is 42.2 Å². The lowest BCUT2D eigenvalue weighted by molar-refractivity contribution is -0.116. The van der Waals surface area contributed by atoms with Gasteiger partial charge in [-0.2, -0.15) is 0 Å². The number of ether oxygens (including phenoxy) is 1. The molecular weight excluding hydrogens is 346 g/mol. The van der Waals surface area contributed by atoms with Crippen LogP contribution in [0.3, 0.4) is 0 Å². The molecule has 1 atom stereocenters. The molecule has 0 saturated carbocycles. The molecule has 0 spiro atoms. The minimum absolute atomic E-state index is 0.118. The summed E-state index contributed by atoms with van der Waals surface area (Å²) in [4.78, 5) is 31.7. The van der Waals surface area contributed by atoms with Crippen LogP contribution in [0, 0.1) is 6.92 Å². The Morgan fingerprint density at radius 1 is 1.37 bits per heavy atom. The number of carbonyl (C=O) groups excluding carboxylic acids is 2. The number of nitrogens with two attached hydrogens (primary N) is 1. The predicted octanol–water partition coefficient (Wildman–Crippen LogP) is 3.24. The van der Waals surface area contributed by atoms with Gasteiger partial charge in [-0.05, 0) is 38.0 Å². The largest absolute Gasteiger partial charge is 0.453 e. The van der Waals surface area contributed by atoms with E-state index in [2.05, 4.69) is 25.3 Å². The Balaban J connectivity index is 2.06. The summed E-state index contributed by atoms with van der Waals surface area (Å²) >= 11 is 0. The minimum atomic E-state index is -0.583. The third-order valence-electron chi connectivity index (χ3n) is 4.33. The van der Waals surface area contributed by atoms with Crippen molar-refractivity contribution in [2.45, 2.75) is 32.2 Å². The van der Waals surface area contributed by atoms with E-state index in [9.17, 15) is 9.59 Å². The zero-order valence-corrected chi connectivity index (χ0v) is 15.3. The van der Waals surface area contributed by atoms with Crippen LogP contribution in [0.2, 0.25) is 0 Å². The number of imidazole rings is 1. The second-order valence-electron chi connectivity index (χ2n) is 6.37. The van der Waals surface area contributed by atoms with E-state index < -0.39 is 6.09 Å². The highest BCUT2D eigenvalue weighted by atomic mass is 16.5. The fourth-order valence-electron chi connectivity index (χ4n) is 2.92. The van der Waals surface area contributed by atoms with Gasteiger partial charge in [-0.25, -0.2) is 9.78 Å². The van der Waals surface area contributed by atoms with Crippen LogP contribution in [0.1, 0.15) is 36.8 Å². The fraction of sp³-hybridized carbons (Fsp3) is 0.316. The fourth-order valence-corrected chi connectivity index (χ4v) is 2.92. The van der Waals surface area contributed by atoms with Crippen molar-refractivity contribution in [2.24, 2.45) is 5.73 Å². The molecule has 142 valence electrons. The van der Waals surface area contributed by atoms with Gasteiger partial charge < -0.3 is 20.8 Å². The van der Waals surface area contributed by atoms with Crippen molar-refractivity contribution in [3.05, 3.63) is 41.9 Å². The summed E-state index contributed by atoms with van der Waals surface area (Å²) in [7, 11) is 1.29. The lowest BCUT2D eigenvalue weighted by atomic mass is 10.1. The number of aryl methyl sites for hydroxylation is 1. The average Bonchev–Trinajstić information content (AvgIpc) is 3.02. The number of benzene rings is 1. The van der Waals surface area contributed by atoms with Crippen molar-refractivity contribution in [3.8, 4) is 11.3 Å². The molecule has 3 rings (SSSR count). The third-order valence-corrected chi connectivity index (χ3v) is 4.33. The van der Waals surface area contributed by atoms with Crippen LogP contribution in [0.15, 0.2) is 30.4 Å². The quantitative estimate of drug-likeness (QED) is 0.575. The van der Waals surface area contributed by atoms with Gasteiger partial charge in [-0.1, -0.05) is 12.2 Å². The normalized spacial score (nSPS) is 18.2. The summed E-state index contributed by atoms with van der Waals surface area (Å²) in [5, 5.41) is 5.52. The maximum atomic E-state index is 12.3. The standard InChI is InChI=1S/C19H23N5O3/c1-11-17-13-9-8-12(22-19(26)27-2)10-15(13)23-16(25)7-5-3-4-6-14(20)18(21-11)24-17/h3-4,8-10,14H,5-7,20H2,1-2H3,(H,21,24)(H,22,26)(H,23,25)/b4-3-/t14-/m0/s1. The first-order chi connectivity index (χ1) is 13.0. The van der Waals surface area contributed by atoms with Crippen LogP contribution in [0.5, 0.6) is 0 Å². The Labute approximate surface area is 157 Å². The molecule has 2 aromatic rings.